The zero-order valence-electron chi connectivity index (χ0n) is 10.5. The van der Waals surface area contributed by atoms with Crippen molar-refractivity contribution < 1.29 is 4.39 Å². The van der Waals surface area contributed by atoms with Gasteiger partial charge in [0, 0.05) is 14.9 Å². The minimum absolute atomic E-state index is 0.231. The number of rotatable bonds is 2. The van der Waals surface area contributed by atoms with E-state index in [1.165, 1.54) is 29.1 Å². The molecule has 0 bridgehead atoms. The fraction of sp³-hybridized carbons (Fsp3) is 0.357. The van der Waals surface area contributed by atoms with E-state index in [-0.39, 0.29) is 5.82 Å². The summed E-state index contributed by atoms with van der Waals surface area (Å²) in [6.07, 6.45) is 3.44. The maximum Gasteiger partial charge on any atom is 0.125 e. The van der Waals surface area contributed by atoms with Crippen molar-refractivity contribution in [2.45, 2.75) is 25.3 Å². The molecule has 0 amide bonds. The Morgan fingerprint density at radius 3 is 3.05 bits per heavy atom. The Hall–Kier alpha value is -0.780. The normalized spacial score (nSPS) is 18.4. The average Bonchev–Trinajstić information content (AvgIpc) is 2.81. The van der Waals surface area contributed by atoms with Crippen LogP contribution < -0.4 is 5.32 Å². The predicted molar refractivity (Wildman–Crippen MR) is 79.9 cm³/mol. The summed E-state index contributed by atoms with van der Waals surface area (Å²) in [5.41, 5.74) is 2.14. The fourth-order valence-electron chi connectivity index (χ4n) is 2.48. The Kier molecular flexibility index (Phi) is 3.69. The molecular formula is C14H14BrFN2S. The van der Waals surface area contributed by atoms with Gasteiger partial charge in [-0.15, -0.1) is 11.3 Å². The van der Waals surface area contributed by atoms with Gasteiger partial charge in [-0.3, -0.25) is 0 Å². The third-order valence-corrected chi connectivity index (χ3v) is 5.28. The monoisotopic (exact) mass is 340 g/mol. The van der Waals surface area contributed by atoms with E-state index in [2.05, 4.69) is 21.2 Å². The highest BCUT2D eigenvalue weighted by molar-refractivity contribution is 9.10. The number of hydrogen-bond acceptors (Lipinski definition) is 3. The quantitative estimate of drug-likeness (QED) is 0.881. The molecule has 5 heteroatoms. The van der Waals surface area contributed by atoms with Crippen LogP contribution in [0.25, 0.3) is 10.6 Å². The number of thiazole rings is 1. The molecular weight excluding hydrogens is 327 g/mol. The van der Waals surface area contributed by atoms with E-state index < -0.39 is 0 Å². The third-order valence-electron chi connectivity index (χ3n) is 3.46. The molecule has 3 rings (SSSR count). The van der Waals surface area contributed by atoms with Crippen LogP contribution in [0.15, 0.2) is 22.7 Å². The number of nitrogens with zero attached hydrogens (tertiary/aromatic N) is 1. The Balaban J connectivity index is 2.05. The van der Waals surface area contributed by atoms with Gasteiger partial charge in [0.25, 0.3) is 0 Å². The highest BCUT2D eigenvalue weighted by atomic mass is 79.9. The molecule has 2 nitrogen and oxygen atoms in total. The number of benzene rings is 1. The molecule has 1 aromatic heterocycles. The summed E-state index contributed by atoms with van der Waals surface area (Å²) in [6.45, 7) is 0. The minimum Gasteiger partial charge on any atom is -0.312 e. The third kappa shape index (κ3) is 2.47. The number of halogens is 2. The average molecular weight is 341 g/mol. The van der Waals surface area contributed by atoms with Gasteiger partial charge in [-0.2, -0.15) is 0 Å². The highest BCUT2D eigenvalue weighted by Gasteiger charge is 2.24. The lowest BCUT2D eigenvalue weighted by Gasteiger charge is -2.19. The van der Waals surface area contributed by atoms with Crippen molar-refractivity contribution in [3.05, 3.63) is 39.1 Å². The summed E-state index contributed by atoms with van der Waals surface area (Å²) in [4.78, 5) is 6.13. The Morgan fingerprint density at radius 1 is 1.47 bits per heavy atom. The smallest absolute Gasteiger partial charge is 0.125 e. The van der Waals surface area contributed by atoms with Gasteiger partial charge in [0.2, 0.25) is 0 Å². The maximum atomic E-state index is 13.1. The summed E-state index contributed by atoms with van der Waals surface area (Å²) >= 11 is 5.14. The first-order valence-corrected chi connectivity index (χ1v) is 7.92. The largest absolute Gasteiger partial charge is 0.312 e. The van der Waals surface area contributed by atoms with Crippen molar-refractivity contribution in [1.82, 2.24) is 10.3 Å². The lowest BCUT2D eigenvalue weighted by Crippen LogP contribution is -2.21. The lowest BCUT2D eigenvalue weighted by atomic mass is 9.98. The summed E-state index contributed by atoms with van der Waals surface area (Å²) in [7, 11) is 1.98. The molecule has 1 unspecified atom stereocenters. The van der Waals surface area contributed by atoms with E-state index in [1.54, 1.807) is 17.4 Å². The molecule has 100 valence electrons. The van der Waals surface area contributed by atoms with Gasteiger partial charge in [-0.25, -0.2) is 9.37 Å². The van der Waals surface area contributed by atoms with E-state index >= 15 is 0 Å². The Bertz CT molecular complexity index is 611. The van der Waals surface area contributed by atoms with Crippen molar-refractivity contribution in [1.29, 1.82) is 0 Å². The molecule has 1 aromatic carbocycles. The molecule has 2 aromatic rings. The lowest BCUT2D eigenvalue weighted by molar-refractivity contribution is 0.490. The summed E-state index contributed by atoms with van der Waals surface area (Å²) in [6, 6.07) is 5.12. The van der Waals surface area contributed by atoms with Gasteiger partial charge in [-0.05, 0) is 60.4 Å². The highest BCUT2D eigenvalue weighted by Crippen LogP contribution is 2.39. The standard InChI is InChI=1S/C14H14BrFN2S/c1-17-11-3-2-4-12-13(11)18-14(19-12)9-6-5-8(16)7-10(9)15/h5-7,11,17H,2-4H2,1H3. The molecule has 1 atom stereocenters. The van der Waals surface area contributed by atoms with Crippen molar-refractivity contribution in [3.8, 4) is 10.6 Å². The van der Waals surface area contributed by atoms with E-state index in [1.807, 2.05) is 7.05 Å². The summed E-state index contributed by atoms with van der Waals surface area (Å²) < 4.78 is 13.9. The molecule has 1 N–H and O–H groups in total. The molecule has 1 heterocycles. The van der Waals surface area contributed by atoms with Crippen molar-refractivity contribution in [2.24, 2.45) is 0 Å². The molecule has 0 fully saturated rings. The second-order valence-electron chi connectivity index (χ2n) is 4.69. The summed E-state index contributed by atoms with van der Waals surface area (Å²) in [5.74, 6) is -0.231. The number of aryl methyl sites for hydroxylation is 1. The van der Waals surface area contributed by atoms with Gasteiger partial charge >= 0.3 is 0 Å². The van der Waals surface area contributed by atoms with E-state index in [0.29, 0.717) is 6.04 Å². The molecule has 1 aliphatic carbocycles. The van der Waals surface area contributed by atoms with Crippen LogP contribution in [0.5, 0.6) is 0 Å². The van der Waals surface area contributed by atoms with E-state index in [4.69, 9.17) is 4.98 Å². The van der Waals surface area contributed by atoms with Crippen LogP contribution in [0.1, 0.15) is 29.5 Å². The maximum absolute atomic E-state index is 13.1. The Morgan fingerprint density at radius 2 is 2.32 bits per heavy atom. The van der Waals surface area contributed by atoms with Crippen molar-refractivity contribution in [2.75, 3.05) is 7.05 Å². The Labute approximate surface area is 124 Å². The first-order chi connectivity index (χ1) is 9.19. The second-order valence-corrected chi connectivity index (χ2v) is 6.62. The van der Waals surface area contributed by atoms with Gasteiger partial charge in [0.05, 0.1) is 11.7 Å². The van der Waals surface area contributed by atoms with Gasteiger partial charge < -0.3 is 5.32 Å². The number of nitrogens with one attached hydrogen (secondary N) is 1. The van der Waals surface area contributed by atoms with Crippen LogP contribution in [0.3, 0.4) is 0 Å². The zero-order valence-corrected chi connectivity index (χ0v) is 12.9. The SMILES string of the molecule is CNC1CCCc2sc(-c3ccc(F)cc3Br)nc21. The minimum atomic E-state index is -0.231. The van der Waals surface area contributed by atoms with Crippen LogP contribution in [-0.2, 0) is 6.42 Å². The first-order valence-electron chi connectivity index (χ1n) is 6.31. The number of fused-ring (bicyclic) bond motifs is 1. The fourth-order valence-corrected chi connectivity index (χ4v) is 4.35. The predicted octanol–water partition coefficient (Wildman–Crippen LogP) is 4.31. The summed E-state index contributed by atoms with van der Waals surface area (Å²) in [5, 5.41) is 4.29. The molecule has 0 saturated heterocycles. The van der Waals surface area contributed by atoms with E-state index in [0.717, 1.165) is 27.9 Å². The number of aromatic nitrogens is 1. The van der Waals surface area contributed by atoms with Crippen molar-refractivity contribution >= 4 is 27.3 Å². The van der Waals surface area contributed by atoms with Crippen LogP contribution in [0, 0.1) is 5.82 Å². The van der Waals surface area contributed by atoms with Crippen LogP contribution in [-0.4, -0.2) is 12.0 Å². The van der Waals surface area contributed by atoms with Gasteiger partial charge in [0.1, 0.15) is 10.8 Å². The molecule has 19 heavy (non-hydrogen) atoms. The zero-order chi connectivity index (χ0) is 13.4. The molecule has 1 aliphatic rings. The molecule has 0 radical (unpaired) electrons. The second kappa shape index (κ2) is 5.31. The van der Waals surface area contributed by atoms with Gasteiger partial charge in [0.15, 0.2) is 0 Å². The van der Waals surface area contributed by atoms with Crippen LogP contribution >= 0.6 is 27.3 Å². The molecule has 0 aliphatic heterocycles. The molecule has 0 spiro atoms. The number of hydrogen-bond donors (Lipinski definition) is 1. The van der Waals surface area contributed by atoms with Crippen molar-refractivity contribution in [3.63, 3.8) is 0 Å². The topological polar surface area (TPSA) is 24.9 Å². The molecule has 0 saturated carbocycles. The van der Waals surface area contributed by atoms with E-state index in [9.17, 15) is 4.39 Å². The first kappa shape index (κ1) is 13.2. The van der Waals surface area contributed by atoms with Gasteiger partial charge in [-0.1, -0.05) is 0 Å². The van der Waals surface area contributed by atoms with Crippen LogP contribution in [0.4, 0.5) is 4.39 Å². The van der Waals surface area contributed by atoms with Crippen LogP contribution in [0.2, 0.25) is 0 Å².